The van der Waals surface area contributed by atoms with E-state index in [1.54, 1.807) is 22.2 Å². The molecule has 0 N–H and O–H groups in total. The van der Waals surface area contributed by atoms with E-state index in [0.717, 1.165) is 45.2 Å². The molecule has 2 saturated heterocycles. The van der Waals surface area contributed by atoms with Crippen molar-refractivity contribution in [2.24, 2.45) is 11.8 Å². The summed E-state index contributed by atoms with van der Waals surface area (Å²) in [6, 6.07) is 0. The topological polar surface area (TPSA) is 40.6 Å². The average molecular weight is 262 g/mol. The van der Waals surface area contributed by atoms with E-state index in [9.17, 15) is 9.59 Å². The highest BCUT2D eigenvalue weighted by atomic mass is 16.2. The van der Waals surface area contributed by atoms with Crippen LogP contribution in [0.25, 0.3) is 0 Å². The van der Waals surface area contributed by atoms with Gasteiger partial charge in [0.25, 0.3) is 0 Å². The third kappa shape index (κ3) is 2.88. The zero-order valence-electron chi connectivity index (χ0n) is 11.4. The second kappa shape index (κ2) is 6.04. The van der Waals surface area contributed by atoms with Crippen LogP contribution in [0.5, 0.6) is 0 Å². The summed E-state index contributed by atoms with van der Waals surface area (Å²) in [7, 11) is 0. The van der Waals surface area contributed by atoms with Crippen LogP contribution in [0.3, 0.4) is 0 Å². The van der Waals surface area contributed by atoms with Crippen molar-refractivity contribution in [2.45, 2.75) is 32.1 Å². The first-order valence-electron chi connectivity index (χ1n) is 7.03. The molecule has 0 aromatic rings. The first kappa shape index (κ1) is 13.8. The van der Waals surface area contributed by atoms with E-state index in [0.29, 0.717) is 0 Å². The Morgan fingerprint density at radius 2 is 1.37 bits per heavy atom. The van der Waals surface area contributed by atoms with Crippen molar-refractivity contribution in [3.63, 3.8) is 0 Å². The molecule has 0 saturated carbocycles. The molecule has 2 heterocycles. The number of hydrogen-bond donors (Lipinski definition) is 0. The van der Waals surface area contributed by atoms with Crippen LogP contribution < -0.4 is 0 Å². The minimum absolute atomic E-state index is 0.130. The third-order valence-electron chi connectivity index (χ3n) is 4.25. The van der Waals surface area contributed by atoms with Crippen LogP contribution in [-0.4, -0.2) is 34.7 Å². The maximum atomic E-state index is 11.9. The number of amides is 2. The number of rotatable bonds is 6. The third-order valence-corrected chi connectivity index (χ3v) is 4.25. The smallest absolute Gasteiger partial charge is 0.229 e. The van der Waals surface area contributed by atoms with E-state index in [1.807, 2.05) is 0 Å². The lowest BCUT2D eigenvalue weighted by Gasteiger charge is -2.13. The summed E-state index contributed by atoms with van der Waals surface area (Å²) >= 11 is 0. The molecular formula is C15H22N2O2. The fraction of sp³-hybridized carbons (Fsp3) is 0.600. The molecule has 2 unspecified atom stereocenters. The van der Waals surface area contributed by atoms with Crippen molar-refractivity contribution in [3.8, 4) is 0 Å². The summed E-state index contributed by atoms with van der Waals surface area (Å²) in [6.07, 6.45) is 7.80. The van der Waals surface area contributed by atoms with Gasteiger partial charge in [-0.05, 0) is 38.1 Å². The van der Waals surface area contributed by atoms with Gasteiger partial charge in [-0.15, -0.1) is 0 Å². The Kier molecular flexibility index (Phi) is 4.40. The molecule has 2 fully saturated rings. The highest BCUT2D eigenvalue weighted by Gasteiger charge is 2.32. The second-order valence-corrected chi connectivity index (χ2v) is 5.33. The number of carbonyl (C=O) groups excluding carboxylic acids is 2. The van der Waals surface area contributed by atoms with Crippen molar-refractivity contribution in [1.29, 1.82) is 0 Å². The van der Waals surface area contributed by atoms with E-state index >= 15 is 0 Å². The van der Waals surface area contributed by atoms with Gasteiger partial charge in [-0.25, -0.2) is 0 Å². The Morgan fingerprint density at radius 1 is 0.947 bits per heavy atom. The van der Waals surface area contributed by atoms with Crippen LogP contribution >= 0.6 is 0 Å². The van der Waals surface area contributed by atoms with Gasteiger partial charge in [0.15, 0.2) is 0 Å². The summed E-state index contributed by atoms with van der Waals surface area (Å²) in [6.45, 7) is 8.87. The maximum absolute atomic E-state index is 11.9. The van der Waals surface area contributed by atoms with Crippen LogP contribution in [0.2, 0.25) is 0 Å². The average Bonchev–Trinajstić information content (AvgIpc) is 2.94. The normalized spacial score (nSPS) is 27.2. The predicted octanol–water partition coefficient (Wildman–Crippen LogP) is 2.14. The van der Waals surface area contributed by atoms with Gasteiger partial charge in [-0.1, -0.05) is 19.6 Å². The zero-order chi connectivity index (χ0) is 13.8. The van der Waals surface area contributed by atoms with Gasteiger partial charge in [0, 0.05) is 24.9 Å². The van der Waals surface area contributed by atoms with Gasteiger partial charge in [0.2, 0.25) is 11.8 Å². The fourth-order valence-corrected chi connectivity index (χ4v) is 3.03. The van der Waals surface area contributed by atoms with Gasteiger partial charge in [0.1, 0.15) is 0 Å². The highest BCUT2D eigenvalue weighted by molar-refractivity contribution is 5.82. The summed E-state index contributed by atoms with van der Waals surface area (Å²) in [5.41, 5.74) is 0. The van der Waals surface area contributed by atoms with Crippen LogP contribution in [-0.2, 0) is 9.59 Å². The van der Waals surface area contributed by atoms with Crippen LogP contribution in [0.4, 0.5) is 0 Å². The van der Waals surface area contributed by atoms with Crippen molar-refractivity contribution in [1.82, 2.24) is 9.80 Å². The summed E-state index contributed by atoms with van der Waals surface area (Å²) in [4.78, 5) is 27.2. The molecule has 0 bridgehead atoms. The fourth-order valence-electron chi connectivity index (χ4n) is 3.03. The quantitative estimate of drug-likeness (QED) is 0.736. The molecule has 0 spiro atoms. The molecule has 4 nitrogen and oxygen atoms in total. The standard InChI is InChI=1S/C15H22N2O2/c1-3-16-10-8-12(14(16)18)6-5-7-13-9-11-17(4-2)15(13)19/h3-4,12-13H,1-2,5-11H2. The first-order valence-corrected chi connectivity index (χ1v) is 7.03. The molecule has 4 heteroatoms. The molecule has 19 heavy (non-hydrogen) atoms. The van der Waals surface area contributed by atoms with E-state index in [2.05, 4.69) is 13.2 Å². The lowest BCUT2D eigenvalue weighted by Crippen LogP contribution is -2.22. The Labute approximate surface area is 114 Å². The largest absolute Gasteiger partial charge is 0.319 e. The van der Waals surface area contributed by atoms with Crippen molar-refractivity contribution < 1.29 is 9.59 Å². The second-order valence-electron chi connectivity index (χ2n) is 5.33. The molecule has 104 valence electrons. The van der Waals surface area contributed by atoms with Crippen molar-refractivity contribution >= 4 is 11.8 Å². The number of nitrogens with zero attached hydrogens (tertiary/aromatic N) is 2. The van der Waals surface area contributed by atoms with E-state index < -0.39 is 0 Å². The SMILES string of the molecule is C=CN1CCC(CCCC2CCN(C=C)C2=O)C1=O. The maximum Gasteiger partial charge on any atom is 0.229 e. The molecule has 2 atom stereocenters. The van der Waals surface area contributed by atoms with Crippen LogP contribution in [0, 0.1) is 11.8 Å². The molecule has 2 aliphatic rings. The number of likely N-dealkylation sites (tertiary alicyclic amines) is 2. The minimum atomic E-state index is 0.130. The molecule has 2 amide bonds. The van der Waals surface area contributed by atoms with Gasteiger partial charge < -0.3 is 9.80 Å². The summed E-state index contributed by atoms with van der Waals surface area (Å²) < 4.78 is 0. The molecule has 0 radical (unpaired) electrons. The molecule has 0 aromatic heterocycles. The van der Waals surface area contributed by atoms with Crippen LogP contribution in [0.1, 0.15) is 32.1 Å². The molecular weight excluding hydrogens is 240 g/mol. The number of hydrogen-bond acceptors (Lipinski definition) is 2. The Morgan fingerprint density at radius 3 is 1.68 bits per heavy atom. The Hall–Kier alpha value is -1.58. The van der Waals surface area contributed by atoms with E-state index in [1.165, 1.54) is 0 Å². The van der Waals surface area contributed by atoms with E-state index in [-0.39, 0.29) is 23.7 Å². The molecule has 2 rings (SSSR count). The Balaban J connectivity index is 1.73. The van der Waals surface area contributed by atoms with Gasteiger partial charge >= 0.3 is 0 Å². The van der Waals surface area contributed by atoms with Gasteiger partial charge in [-0.2, -0.15) is 0 Å². The number of carbonyl (C=O) groups is 2. The minimum Gasteiger partial charge on any atom is -0.319 e. The van der Waals surface area contributed by atoms with E-state index in [4.69, 9.17) is 0 Å². The van der Waals surface area contributed by atoms with Crippen molar-refractivity contribution in [3.05, 3.63) is 25.6 Å². The molecule has 0 aliphatic carbocycles. The highest BCUT2D eigenvalue weighted by Crippen LogP contribution is 2.27. The van der Waals surface area contributed by atoms with Crippen molar-refractivity contribution in [2.75, 3.05) is 13.1 Å². The lowest BCUT2D eigenvalue weighted by molar-refractivity contribution is -0.129. The Bertz CT molecular complexity index is 356. The summed E-state index contributed by atoms with van der Waals surface area (Å²) in [5.74, 6) is 0.649. The molecule has 2 aliphatic heterocycles. The first-order chi connectivity index (χ1) is 9.17. The monoisotopic (exact) mass is 262 g/mol. The van der Waals surface area contributed by atoms with Gasteiger partial charge in [0.05, 0.1) is 0 Å². The van der Waals surface area contributed by atoms with Gasteiger partial charge in [-0.3, -0.25) is 9.59 Å². The summed E-state index contributed by atoms with van der Waals surface area (Å²) in [5, 5.41) is 0. The predicted molar refractivity (Wildman–Crippen MR) is 73.9 cm³/mol. The van der Waals surface area contributed by atoms with Crippen LogP contribution in [0.15, 0.2) is 25.6 Å². The lowest BCUT2D eigenvalue weighted by atomic mass is 9.95. The zero-order valence-corrected chi connectivity index (χ0v) is 11.4. The molecule has 0 aromatic carbocycles.